The summed E-state index contributed by atoms with van der Waals surface area (Å²) in [6.07, 6.45) is 5.23. The van der Waals surface area contributed by atoms with Gasteiger partial charge < -0.3 is 10.1 Å². The van der Waals surface area contributed by atoms with Crippen molar-refractivity contribution in [1.82, 2.24) is 9.97 Å². The molecule has 4 heteroatoms. The maximum Gasteiger partial charge on any atom is 0.226 e. The molecule has 1 N–H and O–H groups in total. The zero-order chi connectivity index (χ0) is 12.7. The van der Waals surface area contributed by atoms with E-state index < -0.39 is 0 Å². The van der Waals surface area contributed by atoms with Crippen molar-refractivity contribution >= 4 is 5.95 Å². The van der Waals surface area contributed by atoms with Crippen molar-refractivity contribution in [2.45, 2.75) is 59.1 Å². The number of hydrogen-bond acceptors (Lipinski definition) is 4. The Morgan fingerprint density at radius 1 is 1.35 bits per heavy atom. The van der Waals surface area contributed by atoms with Crippen LogP contribution in [-0.2, 0) is 0 Å². The highest BCUT2D eigenvalue weighted by atomic mass is 16.5. The molecule has 1 atom stereocenters. The SMILES string of the molecule is CCCC(CC)Nc1nccc(OC(C)C)n1. The first-order valence-electron chi connectivity index (χ1n) is 6.41. The quantitative estimate of drug-likeness (QED) is 0.790. The lowest BCUT2D eigenvalue weighted by molar-refractivity contribution is 0.232. The molecular formula is C13H23N3O. The molecule has 1 aromatic heterocycles. The van der Waals surface area contributed by atoms with E-state index in [9.17, 15) is 0 Å². The number of ether oxygens (including phenoxy) is 1. The topological polar surface area (TPSA) is 47.0 Å². The van der Waals surface area contributed by atoms with Gasteiger partial charge in [-0.15, -0.1) is 0 Å². The minimum Gasteiger partial charge on any atom is -0.475 e. The van der Waals surface area contributed by atoms with E-state index in [4.69, 9.17) is 4.74 Å². The van der Waals surface area contributed by atoms with E-state index in [0.29, 0.717) is 17.9 Å². The van der Waals surface area contributed by atoms with Gasteiger partial charge >= 0.3 is 0 Å². The monoisotopic (exact) mass is 237 g/mol. The van der Waals surface area contributed by atoms with Crippen LogP contribution in [0.1, 0.15) is 47.0 Å². The summed E-state index contributed by atoms with van der Waals surface area (Å²) < 4.78 is 5.54. The van der Waals surface area contributed by atoms with Gasteiger partial charge in [0.1, 0.15) is 0 Å². The van der Waals surface area contributed by atoms with Gasteiger partial charge in [0.15, 0.2) is 0 Å². The second-order valence-corrected chi connectivity index (χ2v) is 4.42. The summed E-state index contributed by atoms with van der Waals surface area (Å²) in [6.45, 7) is 8.33. The smallest absolute Gasteiger partial charge is 0.226 e. The molecule has 96 valence electrons. The average Bonchev–Trinajstić information content (AvgIpc) is 2.28. The fourth-order valence-electron chi connectivity index (χ4n) is 1.63. The molecule has 1 unspecified atom stereocenters. The van der Waals surface area contributed by atoms with Crippen molar-refractivity contribution < 1.29 is 4.74 Å². The van der Waals surface area contributed by atoms with E-state index in [1.54, 1.807) is 12.3 Å². The van der Waals surface area contributed by atoms with Gasteiger partial charge in [-0.05, 0) is 26.7 Å². The van der Waals surface area contributed by atoms with Crippen LogP contribution in [0, 0.1) is 0 Å². The Morgan fingerprint density at radius 3 is 2.71 bits per heavy atom. The van der Waals surface area contributed by atoms with E-state index in [2.05, 4.69) is 29.1 Å². The minimum absolute atomic E-state index is 0.135. The maximum absolute atomic E-state index is 5.54. The van der Waals surface area contributed by atoms with Crippen molar-refractivity contribution in [3.63, 3.8) is 0 Å². The fraction of sp³-hybridized carbons (Fsp3) is 0.692. The third kappa shape index (κ3) is 5.02. The van der Waals surface area contributed by atoms with E-state index in [1.165, 1.54) is 0 Å². The largest absolute Gasteiger partial charge is 0.475 e. The summed E-state index contributed by atoms with van der Waals surface area (Å²) in [5, 5.41) is 3.34. The Hall–Kier alpha value is -1.32. The van der Waals surface area contributed by atoms with E-state index in [0.717, 1.165) is 19.3 Å². The van der Waals surface area contributed by atoms with E-state index >= 15 is 0 Å². The van der Waals surface area contributed by atoms with Gasteiger partial charge in [-0.3, -0.25) is 0 Å². The number of aromatic nitrogens is 2. The van der Waals surface area contributed by atoms with Gasteiger partial charge in [-0.25, -0.2) is 4.98 Å². The van der Waals surface area contributed by atoms with Crippen molar-refractivity contribution in [3.05, 3.63) is 12.3 Å². The minimum atomic E-state index is 0.135. The predicted octanol–water partition coefficient (Wildman–Crippen LogP) is 3.25. The summed E-state index contributed by atoms with van der Waals surface area (Å²) in [6, 6.07) is 2.22. The molecule has 1 aromatic rings. The van der Waals surface area contributed by atoms with Crippen LogP contribution in [0.25, 0.3) is 0 Å². The molecule has 0 aliphatic heterocycles. The Labute approximate surface area is 104 Å². The normalized spacial score (nSPS) is 12.5. The number of anilines is 1. The summed E-state index contributed by atoms with van der Waals surface area (Å²) >= 11 is 0. The molecule has 0 saturated heterocycles. The zero-order valence-corrected chi connectivity index (χ0v) is 11.2. The van der Waals surface area contributed by atoms with Crippen LogP contribution in [0.15, 0.2) is 12.3 Å². The molecular weight excluding hydrogens is 214 g/mol. The predicted molar refractivity (Wildman–Crippen MR) is 70.4 cm³/mol. The molecule has 1 rings (SSSR count). The summed E-state index contributed by atoms with van der Waals surface area (Å²) in [5.74, 6) is 1.28. The van der Waals surface area contributed by atoms with Gasteiger partial charge in [0, 0.05) is 18.3 Å². The Bertz CT molecular complexity index is 328. The molecule has 0 radical (unpaired) electrons. The van der Waals surface area contributed by atoms with Crippen LogP contribution in [0.5, 0.6) is 5.88 Å². The van der Waals surface area contributed by atoms with E-state index in [1.807, 2.05) is 13.8 Å². The highest BCUT2D eigenvalue weighted by Crippen LogP contribution is 2.13. The Kier molecular flexibility index (Phi) is 5.73. The number of rotatable bonds is 7. The Morgan fingerprint density at radius 2 is 2.12 bits per heavy atom. The lowest BCUT2D eigenvalue weighted by Gasteiger charge is -2.16. The van der Waals surface area contributed by atoms with Crippen molar-refractivity contribution in [1.29, 1.82) is 0 Å². The molecule has 1 heterocycles. The molecule has 0 spiro atoms. The first-order chi connectivity index (χ1) is 8.15. The van der Waals surface area contributed by atoms with Crippen LogP contribution in [0.4, 0.5) is 5.95 Å². The van der Waals surface area contributed by atoms with Crippen LogP contribution in [0.3, 0.4) is 0 Å². The molecule has 0 saturated carbocycles. The molecule has 0 aromatic carbocycles. The Balaban J connectivity index is 2.63. The van der Waals surface area contributed by atoms with Crippen molar-refractivity contribution in [2.75, 3.05) is 5.32 Å². The molecule has 17 heavy (non-hydrogen) atoms. The van der Waals surface area contributed by atoms with Gasteiger partial charge in [0.05, 0.1) is 6.10 Å². The lowest BCUT2D eigenvalue weighted by Crippen LogP contribution is -2.20. The third-order valence-electron chi connectivity index (χ3n) is 2.45. The molecule has 0 aliphatic carbocycles. The summed E-state index contributed by atoms with van der Waals surface area (Å²) in [4.78, 5) is 8.55. The highest BCUT2D eigenvalue weighted by Gasteiger charge is 2.07. The van der Waals surface area contributed by atoms with Crippen LogP contribution < -0.4 is 10.1 Å². The van der Waals surface area contributed by atoms with Crippen LogP contribution in [-0.4, -0.2) is 22.1 Å². The molecule has 0 fully saturated rings. The molecule has 4 nitrogen and oxygen atoms in total. The standard InChI is InChI=1S/C13H23N3O/c1-5-7-11(6-2)15-13-14-9-8-12(16-13)17-10(3)4/h8-11H,5-7H2,1-4H3,(H,14,15,16). The van der Waals surface area contributed by atoms with Crippen molar-refractivity contribution in [2.24, 2.45) is 0 Å². The van der Waals surface area contributed by atoms with Gasteiger partial charge in [-0.2, -0.15) is 4.98 Å². The average molecular weight is 237 g/mol. The second kappa shape index (κ2) is 7.09. The van der Waals surface area contributed by atoms with Gasteiger partial charge in [0.25, 0.3) is 0 Å². The molecule has 0 aliphatic rings. The maximum atomic E-state index is 5.54. The molecule has 0 amide bonds. The van der Waals surface area contributed by atoms with Crippen LogP contribution >= 0.6 is 0 Å². The van der Waals surface area contributed by atoms with Crippen molar-refractivity contribution in [3.8, 4) is 5.88 Å². The van der Waals surface area contributed by atoms with Gasteiger partial charge in [0.2, 0.25) is 11.8 Å². The highest BCUT2D eigenvalue weighted by molar-refractivity contribution is 5.28. The van der Waals surface area contributed by atoms with Gasteiger partial charge in [-0.1, -0.05) is 20.3 Å². The summed E-state index contributed by atoms with van der Waals surface area (Å²) in [5.41, 5.74) is 0. The number of nitrogens with one attached hydrogen (secondary N) is 1. The summed E-state index contributed by atoms with van der Waals surface area (Å²) in [7, 11) is 0. The fourth-order valence-corrected chi connectivity index (χ4v) is 1.63. The first kappa shape index (κ1) is 13.7. The van der Waals surface area contributed by atoms with Crippen LogP contribution in [0.2, 0.25) is 0 Å². The first-order valence-corrected chi connectivity index (χ1v) is 6.41. The number of hydrogen-bond donors (Lipinski definition) is 1. The number of nitrogens with zero attached hydrogens (tertiary/aromatic N) is 2. The second-order valence-electron chi connectivity index (χ2n) is 4.42. The lowest BCUT2D eigenvalue weighted by atomic mass is 10.1. The third-order valence-corrected chi connectivity index (χ3v) is 2.45. The van der Waals surface area contributed by atoms with E-state index in [-0.39, 0.29) is 6.10 Å². The molecule has 0 bridgehead atoms. The zero-order valence-electron chi connectivity index (χ0n) is 11.2.